The zero-order valence-corrected chi connectivity index (χ0v) is 11.2. The zero-order valence-electron chi connectivity index (χ0n) is 11.2. The van der Waals surface area contributed by atoms with Gasteiger partial charge in [-0.1, -0.05) is 18.2 Å². The van der Waals surface area contributed by atoms with Crippen molar-refractivity contribution in [2.24, 2.45) is 0 Å². The molecule has 0 heterocycles. The highest BCUT2D eigenvalue weighted by molar-refractivity contribution is 5.96. The number of carbonyl (C=O) groups excluding carboxylic acids is 1. The third-order valence-electron chi connectivity index (χ3n) is 3.11. The van der Waals surface area contributed by atoms with Gasteiger partial charge >= 0.3 is 0 Å². The maximum Gasteiger partial charge on any atom is 0.173 e. The lowest BCUT2D eigenvalue weighted by Gasteiger charge is -2.13. The Morgan fingerprint density at radius 3 is 2.47 bits per heavy atom. The van der Waals surface area contributed by atoms with Crippen LogP contribution in [0.15, 0.2) is 36.4 Å². The summed E-state index contributed by atoms with van der Waals surface area (Å²) >= 11 is 0. The summed E-state index contributed by atoms with van der Waals surface area (Å²) in [5.74, 6) is -0.204. The highest BCUT2D eigenvalue weighted by Crippen LogP contribution is 2.31. The van der Waals surface area contributed by atoms with Crippen molar-refractivity contribution in [1.29, 1.82) is 0 Å². The lowest BCUT2D eigenvalue weighted by atomic mass is 10.1. The number of ketones is 1. The average Bonchev–Trinajstić information content (AvgIpc) is 2.36. The van der Waals surface area contributed by atoms with Gasteiger partial charge in [0.1, 0.15) is 5.75 Å². The van der Waals surface area contributed by atoms with E-state index >= 15 is 0 Å². The first kappa shape index (κ1) is 13.3. The quantitative estimate of drug-likeness (QED) is 0.761. The highest BCUT2D eigenvalue weighted by Gasteiger charge is 2.15. The molecule has 2 rings (SSSR count). The third-order valence-corrected chi connectivity index (χ3v) is 3.11. The second kappa shape index (κ2) is 5.22. The van der Waals surface area contributed by atoms with E-state index in [9.17, 15) is 9.18 Å². The van der Waals surface area contributed by atoms with Gasteiger partial charge in [-0.05, 0) is 50.1 Å². The van der Waals surface area contributed by atoms with Gasteiger partial charge in [0.2, 0.25) is 0 Å². The molecule has 2 aromatic carbocycles. The van der Waals surface area contributed by atoms with Crippen LogP contribution in [0, 0.1) is 19.7 Å². The molecule has 98 valence electrons. The Hall–Kier alpha value is -2.16. The van der Waals surface area contributed by atoms with Gasteiger partial charge in [-0.25, -0.2) is 4.39 Å². The van der Waals surface area contributed by atoms with Crippen LogP contribution in [-0.4, -0.2) is 5.78 Å². The topological polar surface area (TPSA) is 26.3 Å². The van der Waals surface area contributed by atoms with Crippen LogP contribution in [0.1, 0.15) is 28.4 Å². The minimum atomic E-state index is -0.534. The Balaban J connectivity index is 2.49. The van der Waals surface area contributed by atoms with Crippen LogP contribution in [0.25, 0.3) is 0 Å². The smallest absolute Gasteiger partial charge is 0.173 e. The van der Waals surface area contributed by atoms with Crippen LogP contribution < -0.4 is 4.74 Å². The largest absolute Gasteiger partial charge is 0.453 e. The monoisotopic (exact) mass is 258 g/mol. The van der Waals surface area contributed by atoms with E-state index in [1.807, 2.05) is 26.0 Å². The van der Waals surface area contributed by atoms with E-state index in [0.29, 0.717) is 5.75 Å². The Morgan fingerprint density at radius 2 is 1.79 bits per heavy atom. The van der Waals surface area contributed by atoms with Gasteiger partial charge in [-0.3, -0.25) is 4.79 Å². The van der Waals surface area contributed by atoms with E-state index in [-0.39, 0.29) is 17.1 Å². The second-order valence-corrected chi connectivity index (χ2v) is 4.47. The average molecular weight is 258 g/mol. The predicted octanol–water partition coefficient (Wildman–Crippen LogP) is 4.44. The number of Topliss-reactive ketones (excluding diaryl/α,β-unsaturated/α-hetero) is 1. The van der Waals surface area contributed by atoms with Crippen molar-refractivity contribution < 1.29 is 13.9 Å². The molecular weight excluding hydrogens is 243 g/mol. The van der Waals surface area contributed by atoms with Crippen molar-refractivity contribution in [3.63, 3.8) is 0 Å². The van der Waals surface area contributed by atoms with E-state index in [1.54, 1.807) is 12.1 Å². The summed E-state index contributed by atoms with van der Waals surface area (Å²) in [7, 11) is 0. The van der Waals surface area contributed by atoms with Gasteiger partial charge in [0.15, 0.2) is 17.3 Å². The Kier molecular flexibility index (Phi) is 3.65. The number of rotatable bonds is 3. The van der Waals surface area contributed by atoms with Crippen molar-refractivity contribution in [2.75, 3.05) is 0 Å². The van der Waals surface area contributed by atoms with Crippen molar-refractivity contribution >= 4 is 5.78 Å². The first-order valence-electron chi connectivity index (χ1n) is 6.04. The fraction of sp³-hybridized carbons (Fsp3) is 0.188. The number of hydrogen-bond acceptors (Lipinski definition) is 2. The van der Waals surface area contributed by atoms with Gasteiger partial charge in [0.05, 0.1) is 5.56 Å². The molecule has 0 amide bonds. The van der Waals surface area contributed by atoms with Gasteiger partial charge in [-0.2, -0.15) is 0 Å². The molecular formula is C16H15FO2. The number of para-hydroxylation sites is 1. The standard InChI is InChI=1S/C16H15FO2/c1-10-6-4-9-15(11(10)2)19-16-13(12(3)18)7-5-8-14(16)17/h4-9H,1-3H3. The van der Waals surface area contributed by atoms with E-state index < -0.39 is 5.82 Å². The maximum absolute atomic E-state index is 13.9. The summed E-state index contributed by atoms with van der Waals surface area (Å²) in [6.07, 6.45) is 0. The highest BCUT2D eigenvalue weighted by atomic mass is 19.1. The normalized spacial score (nSPS) is 10.3. The number of ether oxygens (including phenoxy) is 1. The van der Waals surface area contributed by atoms with Crippen LogP contribution in [0.2, 0.25) is 0 Å². The van der Waals surface area contributed by atoms with Gasteiger partial charge in [0, 0.05) is 0 Å². The van der Waals surface area contributed by atoms with Crippen LogP contribution >= 0.6 is 0 Å². The molecule has 0 aromatic heterocycles. The minimum Gasteiger partial charge on any atom is -0.453 e. The second-order valence-electron chi connectivity index (χ2n) is 4.47. The van der Waals surface area contributed by atoms with Crippen molar-refractivity contribution in [3.8, 4) is 11.5 Å². The van der Waals surface area contributed by atoms with E-state index in [1.165, 1.54) is 19.1 Å². The van der Waals surface area contributed by atoms with Crippen LogP contribution in [0.4, 0.5) is 4.39 Å². The molecule has 0 saturated heterocycles. The molecule has 0 spiro atoms. The summed E-state index contributed by atoms with van der Waals surface area (Å²) in [5.41, 5.74) is 2.24. The number of benzene rings is 2. The Labute approximate surface area is 111 Å². The molecule has 2 aromatic rings. The molecule has 0 aliphatic carbocycles. The Bertz CT molecular complexity index is 633. The fourth-order valence-corrected chi connectivity index (χ4v) is 1.83. The number of hydrogen-bond donors (Lipinski definition) is 0. The number of halogens is 1. The lowest BCUT2D eigenvalue weighted by molar-refractivity contribution is 0.101. The van der Waals surface area contributed by atoms with Crippen LogP contribution in [0.5, 0.6) is 11.5 Å². The number of aryl methyl sites for hydroxylation is 1. The first-order valence-corrected chi connectivity index (χ1v) is 6.04. The molecule has 0 N–H and O–H groups in total. The molecule has 0 aliphatic rings. The molecule has 2 nitrogen and oxygen atoms in total. The van der Waals surface area contributed by atoms with Crippen LogP contribution in [0.3, 0.4) is 0 Å². The number of carbonyl (C=O) groups is 1. The summed E-state index contributed by atoms with van der Waals surface area (Å²) in [6, 6.07) is 9.90. The zero-order chi connectivity index (χ0) is 14.0. The molecule has 0 atom stereocenters. The molecule has 0 fully saturated rings. The summed E-state index contributed by atoms with van der Waals surface area (Å²) in [5, 5.41) is 0. The molecule has 0 aliphatic heterocycles. The van der Waals surface area contributed by atoms with E-state index in [0.717, 1.165) is 11.1 Å². The van der Waals surface area contributed by atoms with Crippen molar-refractivity contribution in [1.82, 2.24) is 0 Å². The van der Waals surface area contributed by atoms with Gasteiger partial charge < -0.3 is 4.74 Å². The summed E-state index contributed by atoms with van der Waals surface area (Å²) < 4.78 is 19.5. The van der Waals surface area contributed by atoms with Crippen molar-refractivity contribution in [3.05, 3.63) is 58.9 Å². The maximum atomic E-state index is 13.9. The Morgan fingerprint density at radius 1 is 1.11 bits per heavy atom. The van der Waals surface area contributed by atoms with Crippen LogP contribution in [-0.2, 0) is 0 Å². The lowest BCUT2D eigenvalue weighted by Crippen LogP contribution is -2.00. The molecule has 0 radical (unpaired) electrons. The minimum absolute atomic E-state index is 0.0105. The fourth-order valence-electron chi connectivity index (χ4n) is 1.83. The summed E-state index contributed by atoms with van der Waals surface area (Å²) in [4.78, 5) is 11.5. The van der Waals surface area contributed by atoms with Gasteiger partial charge in [-0.15, -0.1) is 0 Å². The molecule has 0 bridgehead atoms. The summed E-state index contributed by atoms with van der Waals surface area (Å²) in [6.45, 7) is 5.25. The third kappa shape index (κ3) is 2.65. The van der Waals surface area contributed by atoms with Gasteiger partial charge in [0.25, 0.3) is 0 Å². The van der Waals surface area contributed by atoms with Crippen molar-refractivity contribution in [2.45, 2.75) is 20.8 Å². The molecule has 19 heavy (non-hydrogen) atoms. The predicted molar refractivity (Wildman–Crippen MR) is 72.4 cm³/mol. The van der Waals surface area contributed by atoms with E-state index in [4.69, 9.17) is 4.74 Å². The van der Waals surface area contributed by atoms with E-state index in [2.05, 4.69) is 0 Å². The first-order chi connectivity index (χ1) is 9.00. The molecule has 0 unspecified atom stereocenters. The molecule has 0 saturated carbocycles. The SMILES string of the molecule is CC(=O)c1cccc(F)c1Oc1cccc(C)c1C. The molecule has 3 heteroatoms.